The second-order valence-electron chi connectivity index (χ2n) is 4.03. The Kier molecular flexibility index (Phi) is 3.54. The van der Waals surface area contributed by atoms with Crippen LogP contribution in [0.4, 0.5) is 0 Å². The third kappa shape index (κ3) is 2.81. The summed E-state index contributed by atoms with van der Waals surface area (Å²) in [6.45, 7) is 4.91. The summed E-state index contributed by atoms with van der Waals surface area (Å²) >= 11 is 0. The Morgan fingerprint density at radius 1 is 1.38 bits per heavy atom. The maximum Gasteiger partial charge on any atom is 0.335 e. The third-order valence-electron chi connectivity index (χ3n) is 2.79. The van der Waals surface area contributed by atoms with E-state index in [1.54, 1.807) is 18.2 Å². The molecule has 86 valence electrons. The van der Waals surface area contributed by atoms with Crippen LogP contribution in [0.2, 0.25) is 0 Å². The minimum Gasteiger partial charge on any atom is -0.478 e. The lowest BCUT2D eigenvalue weighted by Gasteiger charge is -2.27. The molecule has 1 heterocycles. The second-order valence-corrected chi connectivity index (χ2v) is 4.03. The van der Waals surface area contributed by atoms with Gasteiger partial charge in [0.25, 0.3) is 0 Å². The Balaban J connectivity index is 2.02. The van der Waals surface area contributed by atoms with E-state index < -0.39 is 5.97 Å². The van der Waals surface area contributed by atoms with Crippen molar-refractivity contribution in [3.05, 3.63) is 35.4 Å². The molecular formula is C12H16N2O2. The number of carboxylic acid groups (broad SMARTS) is 1. The first kappa shape index (κ1) is 11.1. The van der Waals surface area contributed by atoms with Crippen molar-refractivity contribution in [2.75, 3.05) is 26.2 Å². The SMILES string of the molecule is O=C(O)c1cccc(CN2CCNCC2)c1. The molecule has 1 fully saturated rings. The number of nitrogens with one attached hydrogen (secondary N) is 1. The molecule has 0 atom stereocenters. The fraction of sp³-hybridized carbons (Fsp3) is 0.417. The fourth-order valence-electron chi connectivity index (χ4n) is 1.93. The zero-order valence-corrected chi connectivity index (χ0v) is 9.15. The number of nitrogens with zero attached hydrogens (tertiary/aromatic N) is 1. The zero-order valence-electron chi connectivity index (χ0n) is 9.15. The largest absolute Gasteiger partial charge is 0.478 e. The molecule has 0 aromatic heterocycles. The molecule has 1 aromatic rings. The number of piperazine rings is 1. The van der Waals surface area contributed by atoms with E-state index in [-0.39, 0.29) is 0 Å². The van der Waals surface area contributed by atoms with Crippen LogP contribution in [0.15, 0.2) is 24.3 Å². The van der Waals surface area contributed by atoms with Gasteiger partial charge in [-0.25, -0.2) is 4.79 Å². The van der Waals surface area contributed by atoms with Crippen molar-refractivity contribution >= 4 is 5.97 Å². The van der Waals surface area contributed by atoms with Gasteiger partial charge in [0.1, 0.15) is 0 Å². The summed E-state index contributed by atoms with van der Waals surface area (Å²) in [5, 5.41) is 12.2. The maximum absolute atomic E-state index is 10.8. The molecule has 0 amide bonds. The summed E-state index contributed by atoms with van der Waals surface area (Å²) in [5.74, 6) is -0.859. The zero-order chi connectivity index (χ0) is 11.4. The van der Waals surface area contributed by atoms with Gasteiger partial charge in [0, 0.05) is 32.7 Å². The summed E-state index contributed by atoms with van der Waals surface area (Å²) < 4.78 is 0. The van der Waals surface area contributed by atoms with Gasteiger partial charge in [0.05, 0.1) is 5.56 Å². The normalized spacial score (nSPS) is 17.2. The van der Waals surface area contributed by atoms with Gasteiger partial charge in [-0.05, 0) is 17.7 Å². The van der Waals surface area contributed by atoms with Crippen molar-refractivity contribution in [1.29, 1.82) is 0 Å². The van der Waals surface area contributed by atoms with Crippen LogP contribution in [0.25, 0.3) is 0 Å². The lowest BCUT2D eigenvalue weighted by atomic mass is 10.1. The molecule has 2 N–H and O–H groups in total. The second kappa shape index (κ2) is 5.09. The Bertz CT molecular complexity index is 373. The van der Waals surface area contributed by atoms with Gasteiger partial charge in [0.2, 0.25) is 0 Å². The number of aromatic carboxylic acids is 1. The van der Waals surface area contributed by atoms with Crippen LogP contribution in [0.1, 0.15) is 15.9 Å². The smallest absolute Gasteiger partial charge is 0.335 e. The molecule has 16 heavy (non-hydrogen) atoms. The first-order valence-electron chi connectivity index (χ1n) is 5.51. The molecule has 0 bridgehead atoms. The number of hydrogen-bond acceptors (Lipinski definition) is 3. The third-order valence-corrected chi connectivity index (χ3v) is 2.79. The van der Waals surface area contributed by atoms with Crippen LogP contribution in [-0.2, 0) is 6.54 Å². The van der Waals surface area contributed by atoms with Gasteiger partial charge in [-0.2, -0.15) is 0 Å². The van der Waals surface area contributed by atoms with E-state index in [0.717, 1.165) is 38.3 Å². The van der Waals surface area contributed by atoms with E-state index in [2.05, 4.69) is 10.2 Å². The summed E-state index contributed by atoms with van der Waals surface area (Å²) in [6, 6.07) is 7.17. The van der Waals surface area contributed by atoms with Crippen LogP contribution in [-0.4, -0.2) is 42.2 Å². The molecule has 4 nitrogen and oxygen atoms in total. The Morgan fingerprint density at radius 3 is 2.81 bits per heavy atom. The highest BCUT2D eigenvalue weighted by atomic mass is 16.4. The first-order valence-corrected chi connectivity index (χ1v) is 5.51. The summed E-state index contributed by atoms with van der Waals surface area (Å²) in [7, 11) is 0. The quantitative estimate of drug-likeness (QED) is 0.790. The number of carboxylic acids is 1. The summed E-state index contributed by atoms with van der Waals surface area (Å²) in [5.41, 5.74) is 1.44. The molecule has 0 radical (unpaired) electrons. The van der Waals surface area contributed by atoms with Crippen molar-refractivity contribution in [3.63, 3.8) is 0 Å². The van der Waals surface area contributed by atoms with Crippen LogP contribution in [0.3, 0.4) is 0 Å². The van der Waals surface area contributed by atoms with Crippen molar-refractivity contribution in [2.45, 2.75) is 6.54 Å². The minimum atomic E-state index is -0.859. The van der Waals surface area contributed by atoms with E-state index >= 15 is 0 Å². The predicted octanol–water partition coefficient (Wildman–Crippen LogP) is 0.790. The molecule has 1 aliphatic heterocycles. The molecule has 1 aliphatic rings. The molecule has 0 spiro atoms. The standard InChI is InChI=1S/C12H16N2O2/c15-12(16)11-3-1-2-10(8-11)9-14-6-4-13-5-7-14/h1-3,8,13H,4-7,9H2,(H,15,16). The lowest BCUT2D eigenvalue weighted by molar-refractivity contribution is 0.0696. The summed E-state index contributed by atoms with van der Waals surface area (Å²) in [4.78, 5) is 13.2. The topological polar surface area (TPSA) is 52.6 Å². The number of benzene rings is 1. The Morgan fingerprint density at radius 2 is 2.12 bits per heavy atom. The van der Waals surface area contributed by atoms with Gasteiger partial charge < -0.3 is 10.4 Å². The van der Waals surface area contributed by atoms with Gasteiger partial charge >= 0.3 is 5.97 Å². The van der Waals surface area contributed by atoms with Crippen molar-refractivity contribution in [1.82, 2.24) is 10.2 Å². The van der Waals surface area contributed by atoms with Crippen LogP contribution < -0.4 is 5.32 Å². The number of hydrogen-bond donors (Lipinski definition) is 2. The highest BCUT2D eigenvalue weighted by Gasteiger charge is 2.10. The average molecular weight is 220 g/mol. The van der Waals surface area contributed by atoms with Crippen molar-refractivity contribution < 1.29 is 9.90 Å². The molecule has 0 unspecified atom stereocenters. The monoisotopic (exact) mass is 220 g/mol. The van der Waals surface area contributed by atoms with Crippen molar-refractivity contribution in [3.8, 4) is 0 Å². The van der Waals surface area contributed by atoms with Gasteiger partial charge in [-0.1, -0.05) is 12.1 Å². The predicted molar refractivity (Wildman–Crippen MR) is 61.5 cm³/mol. The molecule has 1 saturated heterocycles. The number of rotatable bonds is 3. The van der Waals surface area contributed by atoms with E-state index in [9.17, 15) is 4.79 Å². The maximum atomic E-state index is 10.8. The van der Waals surface area contributed by atoms with Gasteiger partial charge in [-0.3, -0.25) is 4.90 Å². The summed E-state index contributed by atoms with van der Waals surface area (Å²) in [6.07, 6.45) is 0. The average Bonchev–Trinajstić information content (AvgIpc) is 2.30. The van der Waals surface area contributed by atoms with Crippen molar-refractivity contribution in [2.24, 2.45) is 0 Å². The minimum absolute atomic E-state index is 0.368. The first-order chi connectivity index (χ1) is 7.75. The van der Waals surface area contributed by atoms with E-state index in [4.69, 9.17) is 5.11 Å². The van der Waals surface area contributed by atoms with Gasteiger partial charge in [-0.15, -0.1) is 0 Å². The van der Waals surface area contributed by atoms with Gasteiger partial charge in [0.15, 0.2) is 0 Å². The Hall–Kier alpha value is -1.39. The highest BCUT2D eigenvalue weighted by molar-refractivity contribution is 5.87. The molecule has 1 aromatic carbocycles. The van der Waals surface area contributed by atoms with Crippen LogP contribution >= 0.6 is 0 Å². The van der Waals surface area contributed by atoms with Crippen LogP contribution in [0, 0.1) is 0 Å². The lowest BCUT2D eigenvalue weighted by Crippen LogP contribution is -2.42. The molecule has 0 saturated carbocycles. The molecule has 0 aliphatic carbocycles. The molecule has 2 rings (SSSR count). The van der Waals surface area contributed by atoms with E-state index in [1.807, 2.05) is 6.07 Å². The molecule has 4 heteroatoms. The highest BCUT2D eigenvalue weighted by Crippen LogP contribution is 2.09. The molecular weight excluding hydrogens is 204 g/mol. The fourth-order valence-corrected chi connectivity index (χ4v) is 1.93. The van der Waals surface area contributed by atoms with Crippen LogP contribution in [0.5, 0.6) is 0 Å². The Labute approximate surface area is 94.9 Å². The van der Waals surface area contributed by atoms with E-state index in [1.165, 1.54) is 0 Å². The number of carbonyl (C=O) groups is 1. The van der Waals surface area contributed by atoms with E-state index in [0.29, 0.717) is 5.56 Å².